The number of hydrogen-bond acceptors (Lipinski definition) is 5. The van der Waals surface area contributed by atoms with Crippen LogP contribution in [0.25, 0.3) is 0 Å². The third-order valence-electron chi connectivity index (χ3n) is 0.993. The van der Waals surface area contributed by atoms with E-state index in [4.69, 9.17) is 5.14 Å². The van der Waals surface area contributed by atoms with Crippen LogP contribution in [0.5, 0.6) is 0 Å². The first kappa shape index (κ1) is 9.07. The van der Waals surface area contributed by atoms with Crippen LogP contribution in [0.1, 0.15) is 0 Å². The highest BCUT2D eigenvalue weighted by Crippen LogP contribution is 2.33. The van der Waals surface area contributed by atoms with Crippen molar-refractivity contribution in [2.75, 3.05) is 0 Å². The Morgan fingerprint density at radius 3 is 2.55 bits per heavy atom. The van der Waals surface area contributed by atoms with Crippen molar-refractivity contribution in [3.05, 3.63) is 33.0 Å². The fourth-order valence-electron chi connectivity index (χ4n) is 0.557. The molecule has 0 aromatic heterocycles. The minimum atomic E-state index is -1.99. The van der Waals surface area contributed by atoms with Crippen LogP contribution in [0.4, 0.5) is 0 Å². The maximum atomic E-state index is 10.8. The Bertz CT molecular complexity index is 213. The van der Waals surface area contributed by atoms with Gasteiger partial charge in [-0.3, -0.25) is 4.21 Å². The average molecular weight is 193 g/mol. The number of nitrogens with two attached hydrogens (primary N) is 1. The summed E-state index contributed by atoms with van der Waals surface area (Å²) in [5, 5.41) is 27.5. The van der Waals surface area contributed by atoms with Crippen molar-refractivity contribution in [1.29, 1.82) is 0 Å². The Hall–Kier alpha value is -0.0200. The zero-order valence-electron chi connectivity index (χ0n) is 5.30. The van der Waals surface area contributed by atoms with Gasteiger partial charge in [-0.15, -0.1) is 5.14 Å². The van der Waals surface area contributed by atoms with Gasteiger partial charge in [0.05, 0.1) is 6.08 Å². The molecule has 1 rings (SSSR count). The quantitative estimate of drug-likeness (QED) is 0.282. The molecule has 1 atom stereocenters. The maximum Gasteiger partial charge on any atom is 0.341 e. The zero-order valence-corrected chi connectivity index (χ0v) is 6.93. The van der Waals surface area contributed by atoms with Gasteiger partial charge in [0.2, 0.25) is 0 Å². The molecule has 1 heterocycles. The summed E-state index contributed by atoms with van der Waals surface area (Å²) >= 11 is -1.52. The summed E-state index contributed by atoms with van der Waals surface area (Å²) in [5.74, 6) is 0. The van der Waals surface area contributed by atoms with Crippen molar-refractivity contribution >= 4 is 23.3 Å². The van der Waals surface area contributed by atoms with Gasteiger partial charge in [-0.2, -0.15) is 0 Å². The van der Waals surface area contributed by atoms with Crippen LogP contribution in [0.15, 0.2) is 22.6 Å². The molecule has 0 aromatic carbocycles. The lowest BCUT2D eigenvalue weighted by Crippen LogP contribution is -2.34. The molecule has 0 bridgehead atoms. The van der Waals surface area contributed by atoms with E-state index >= 15 is 0 Å². The second kappa shape index (κ2) is 3.15. The molecule has 0 radical (unpaired) electrons. The molecular weight excluding hydrogens is 188 g/mol. The van der Waals surface area contributed by atoms with Crippen LogP contribution >= 0.6 is 11.9 Å². The second-order valence-electron chi connectivity index (χ2n) is 1.73. The van der Waals surface area contributed by atoms with E-state index in [1.807, 2.05) is 0 Å². The van der Waals surface area contributed by atoms with E-state index in [0.29, 0.717) is 11.9 Å². The van der Waals surface area contributed by atoms with Gasteiger partial charge in [-0.1, -0.05) is 0 Å². The molecule has 0 fully saturated rings. The molecule has 1 aliphatic heterocycles. The Morgan fingerprint density at radius 1 is 1.55 bits per heavy atom. The molecule has 0 saturated carbocycles. The number of hydroxylamine groups is 2. The van der Waals surface area contributed by atoms with Crippen molar-refractivity contribution in [2.24, 2.45) is 5.14 Å². The van der Waals surface area contributed by atoms with E-state index in [1.54, 1.807) is 0 Å². The summed E-state index contributed by atoms with van der Waals surface area (Å²) < 4.78 is 8.59. The molecule has 0 aliphatic carbocycles. The standard InChI is InChI=1S/C4H5N2O3S2/c5-11(9)4-2-1-3-10-6(4,7)8/h1-3H,5H2/q-1. The number of nitrogens with zero attached hydrogens (tertiary/aromatic N) is 1. The molecule has 0 aromatic rings. The first-order chi connectivity index (χ1) is 5.04. The molecular formula is C4H5N2O3S2-. The van der Waals surface area contributed by atoms with Crippen molar-refractivity contribution in [1.82, 2.24) is 0 Å². The van der Waals surface area contributed by atoms with Crippen molar-refractivity contribution < 1.29 is 8.77 Å². The third kappa shape index (κ3) is 1.97. The molecule has 0 amide bonds. The summed E-state index contributed by atoms with van der Waals surface area (Å²) in [4.78, 5) is 0. The fourth-order valence-corrected chi connectivity index (χ4v) is 1.81. The highest BCUT2D eigenvalue weighted by molar-refractivity contribution is 7.98. The van der Waals surface area contributed by atoms with Gasteiger partial charge in [0.15, 0.2) is 0 Å². The minimum absolute atomic E-state index is 0.377. The highest BCUT2D eigenvalue weighted by atomic mass is 32.2. The van der Waals surface area contributed by atoms with Crippen molar-refractivity contribution in [3.63, 3.8) is 0 Å². The lowest BCUT2D eigenvalue weighted by Gasteiger charge is -2.41. The van der Waals surface area contributed by atoms with E-state index in [2.05, 4.69) is 0 Å². The van der Waals surface area contributed by atoms with Gasteiger partial charge in [0, 0.05) is 5.41 Å². The summed E-state index contributed by atoms with van der Waals surface area (Å²) in [7, 11) is 0. The summed E-state index contributed by atoms with van der Waals surface area (Å²) in [6.45, 7) is 0. The smallest absolute Gasteiger partial charge is 0.341 e. The number of hydrogen-bond donors (Lipinski definition) is 1. The van der Waals surface area contributed by atoms with Gasteiger partial charge in [-0.25, -0.2) is 0 Å². The van der Waals surface area contributed by atoms with Crippen LogP contribution in [-0.2, 0) is 11.4 Å². The summed E-state index contributed by atoms with van der Waals surface area (Å²) in [6, 6.07) is 0. The molecule has 0 spiro atoms. The molecule has 7 heteroatoms. The van der Waals surface area contributed by atoms with Crippen LogP contribution in [0, 0.1) is 10.4 Å². The minimum Gasteiger partial charge on any atom is -0.610 e. The van der Waals surface area contributed by atoms with Gasteiger partial charge in [0.1, 0.15) is 23.3 Å². The van der Waals surface area contributed by atoms with Gasteiger partial charge < -0.3 is 15.0 Å². The molecule has 11 heavy (non-hydrogen) atoms. The molecule has 2 N–H and O–H groups in total. The monoisotopic (exact) mass is 193 g/mol. The lowest BCUT2D eigenvalue weighted by atomic mass is 10.6. The Balaban J connectivity index is 2.88. The van der Waals surface area contributed by atoms with E-state index in [1.165, 1.54) is 17.6 Å². The largest absolute Gasteiger partial charge is 0.610 e. The first-order valence-electron chi connectivity index (χ1n) is 2.57. The lowest BCUT2D eigenvalue weighted by molar-refractivity contribution is -0.625. The molecule has 62 valence electrons. The SMILES string of the molecule is N[S+]([O-])C1=CC=CS[N+]1([O-])[O-]. The number of rotatable bonds is 1. The molecule has 1 unspecified atom stereocenters. The van der Waals surface area contributed by atoms with Crippen molar-refractivity contribution in [3.8, 4) is 0 Å². The Kier molecular flexibility index (Phi) is 2.60. The number of allylic oxidation sites excluding steroid dienone is 2. The predicted octanol–water partition coefficient (Wildman–Crippen LogP) is 0.438. The fraction of sp³-hybridized carbons (Fsp3) is 0. The Morgan fingerprint density at radius 2 is 2.18 bits per heavy atom. The summed E-state index contributed by atoms with van der Waals surface area (Å²) in [6.07, 6.45) is 2.63. The Labute approximate surface area is 70.7 Å². The zero-order chi connectivity index (χ0) is 8.48. The third-order valence-corrected chi connectivity index (χ3v) is 2.65. The van der Waals surface area contributed by atoms with Gasteiger partial charge >= 0.3 is 5.03 Å². The van der Waals surface area contributed by atoms with Crippen LogP contribution in [0.2, 0.25) is 0 Å². The topological polar surface area (TPSA) is 95.2 Å². The molecule has 1 aliphatic rings. The van der Waals surface area contributed by atoms with Crippen LogP contribution < -0.4 is 5.14 Å². The predicted molar refractivity (Wildman–Crippen MR) is 44.1 cm³/mol. The molecule has 0 saturated heterocycles. The van der Waals surface area contributed by atoms with Gasteiger partial charge in [-0.05, 0) is 6.08 Å². The summed E-state index contributed by atoms with van der Waals surface area (Å²) in [5.41, 5.74) is 0. The normalized spacial score (nSPS) is 24.5. The number of quaternary nitrogens is 1. The second-order valence-corrected chi connectivity index (χ2v) is 3.71. The highest BCUT2D eigenvalue weighted by Gasteiger charge is 2.27. The average Bonchev–Trinajstić information content (AvgIpc) is 1.85. The van der Waals surface area contributed by atoms with Gasteiger partial charge in [0.25, 0.3) is 0 Å². The van der Waals surface area contributed by atoms with E-state index in [9.17, 15) is 15.0 Å². The van der Waals surface area contributed by atoms with Crippen LogP contribution in [-0.4, -0.2) is 8.77 Å². The van der Waals surface area contributed by atoms with Crippen LogP contribution in [0.3, 0.4) is 0 Å². The maximum absolute atomic E-state index is 10.8. The molecule has 5 nitrogen and oxygen atoms in total. The van der Waals surface area contributed by atoms with E-state index in [0.717, 1.165) is 0 Å². The van der Waals surface area contributed by atoms with E-state index in [-0.39, 0.29) is 5.03 Å². The first-order valence-corrected chi connectivity index (χ1v) is 4.62. The van der Waals surface area contributed by atoms with Crippen molar-refractivity contribution in [2.45, 2.75) is 0 Å². The van der Waals surface area contributed by atoms with E-state index < -0.39 is 15.6 Å².